The predicted octanol–water partition coefficient (Wildman–Crippen LogP) is 1.97. The lowest BCUT2D eigenvalue weighted by Crippen LogP contribution is -2.67. The zero-order valence-electron chi connectivity index (χ0n) is 23.2. The number of fused-ring (bicyclic) bond motifs is 4. The molecular weight excluding hydrogens is 494 g/mol. The number of carbonyl (C=O) groups excluding carboxylic acids is 3. The molecular formula is C30H43N5O4. The van der Waals surface area contributed by atoms with Crippen LogP contribution in [-0.2, 0) is 14.4 Å². The number of para-hydroxylation sites is 1. The fourth-order valence-electron chi connectivity index (χ4n) is 7.43. The van der Waals surface area contributed by atoms with Gasteiger partial charge in [-0.1, -0.05) is 37.5 Å². The van der Waals surface area contributed by atoms with Gasteiger partial charge in [-0.3, -0.25) is 19.3 Å². The van der Waals surface area contributed by atoms with Crippen LogP contribution in [0.15, 0.2) is 24.3 Å². The number of likely N-dealkylation sites (N-methyl/N-ethyl adjacent to an activating group) is 1. The smallest absolute Gasteiger partial charge is 0.246 e. The maximum absolute atomic E-state index is 14.4. The number of benzene rings is 1. The normalized spacial score (nSPS) is 31.6. The third-order valence-electron chi connectivity index (χ3n) is 9.89. The minimum absolute atomic E-state index is 0.0914. The van der Waals surface area contributed by atoms with Crippen molar-refractivity contribution in [2.75, 3.05) is 26.7 Å². The lowest BCUT2D eigenvalue weighted by molar-refractivity contribution is -0.150. The van der Waals surface area contributed by atoms with Gasteiger partial charge in [0.2, 0.25) is 17.7 Å². The first-order valence-corrected chi connectivity index (χ1v) is 15.0. The summed E-state index contributed by atoms with van der Waals surface area (Å²) >= 11 is 0. The Morgan fingerprint density at radius 1 is 1.03 bits per heavy atom. The summed E-state index contributed by atoms with van der Waals surface area (Å²) in [7, 11) is 1.75. The zero-order valence-corrected chi connectivity index (χ0v) is 23.2. The molecule has 1 aromatic carbocycles. The lowest BCUT2D eigenvalue weighted by Gasteiger charge is -2.46. The minimum Gasteiger partial charge on any atom is -0.493 e. The molecule has 2 saturated carbocycles. The molecule has 3 heterocycles. The molecule has 0 bridgehead atoms. The monoisotopic (exact) mass is 537 g/mol. The second-order valence-electron chi connectivity index (χ2n) is 12.3. The highest BCUT2D eigenvalue weighted by molar-refractivity contribution is 5.93. The molecule has 3 N–H and O–H groups in total. The molecule has 2 saturated heterocycles. The second-order valence-corrected chi connectivity index (χ2v) is 12.3. The Labute approximate surface area is 231 Å². The van der Waals surface area contributed by atoms with Gasteiger partial charge in [-0.15, -0.1) is 0 Å². The SMILES string of the molecule is CN[C@@H](C)C(=O)NC(C(=O)N1C[C@H]2CC3CC3N2C[C@H]1C(=O)N[C@@H]1CCOc2ccccc21)C1CCCCC1. The summed E-state index contributed by atoms with van der Waals surface area (Å²) in [5, 5.41) is 9.39. The van der Waals surface area contributed by atoms with E-state index in [9.17, 15) is 14.4 Å². The molecule has 4 fully saturated rings. The number of nitrogens with zero attached hydrogens (tertiary/aromatic N) is 2. The van der Waals surface area contributed by atoms with Crippen molar-refractivity contribution in [2.24, 2.45) is 11.8 Å². The molecule has 0 radical (unpaired) electrons. The van der Waals surface area contributed by atoms with Crippen LogP contribution in [0, 0.1) is 11.8 Å². The van der Waals surface area contributed by atoms with Gasteiger partial charge in [0.15, 0.2) is 0 Å². The Bertz CT molecular complexity index is 1090. The predicted molar refractivity (Wildman–Crippen MR) is 147 cm³/mol. The van der Waals surface area contributed by atoms with Gasteiger partial charge < -0.3 is 25.6 Å². The Morgan fingerprint density at radius 2 is 1.82 bits per heavy atom. The molecule has 3 aliphatic heterocycles. The first-order valence-electron chi connectivity index (χ1n) is 15.0. The molecule has 9 heteroatoms. The fraction of sp³-hybridized carbons (Fsp3) is 0.700. The Balaban J connectivity index is 1.25. The molecule has 212 valence electrons. The van der Waals surface area contributed by atoms with Crippen LogP contribution in [0.2, 0.25) is 0 Å². The molecule has 6 rings (SSSR count). The van der Waals surface area contributed by atoms with E-state index < -0.39 is 18.1 Å². The summed E-state index contributed by atoms with van der Waals surface area (Å²) in [5.74, 6) is 1.24. The molecule has 5 aliphatic rings. The van der Waals surface area contributed by atoms with Gasteiger partial charge in [0.1, 0.15) is 17.8 Å². The van der Waals surface area contributed by atoms with E-state index in [1.165, 1.54) is 12.8 Å². The zero-order chi connectivity index (χ0) is 27.1. The van der Waals surface area contributed by atoms with Crippen LogP contribution in [0.25, 0.3) is 0 Å². The summed E-state index contributed by atoms with van der Waals surface area (Å²) in [4.78, 5) is 45.7. The number of piperazine rings is 1. The Morgan fingerprint density at radius 3 is 2.62 bits per heavy atom. The number of nitrogens with one attached hydrogen (secondary N) is 3. The second kappa shape index (κ2) is 11.1. The van der Waals surface area contributed by atoms with E-state index in [2.05, 4.69) is 20.9 Å². The highest BCUT2D eigenvalue weighted by Crippen LogP contribution is 2.49. The molecule has 3 amide bonds. The molecule has 7 atom stereocenters. The molecule has 2 aliphatic carbocycles. The van der Waals surface area contributed by atoms with Crippen LogP contribution in [0.4, 0.5) is 0 Å². The number of ether oxygens (including phenoxy) is 1. The molecule has 39 heavy (non-hydrogen) atoms. The Hall–Kier alpha value is -2.65. The Kier molecular flexibility index (Phi) is 7.55. The number of piperidine rings is 1. The first kappa shape index (κ1) is 26.6. The van der Waals surface area contributed by atoms with Crippen LogP contribution in [0.5, 0.6) is 5.75 Å². The van der Waals surface area contributed by atoms with Gasteiger partial charge in [0, 0.05) is 37.2 Å². The average molecular weight is 538 g/mol. The summed E-state index contributed by atoms with van der Waals surface area (Å²) in [5.41, 5.74) is 0.987. The van der Waals surface area contributed by atoms with E-state index in [0.29, 0.717) is 44.1 Å². The van der Waals surface area contributed by atoms with E-state index in [1.807, 2.05) is 36.1 Å². The molecule has 3 unspecified atom stereocenters. The number of hydrogen-bond acceptors (Lipinski definition) is 6. The van der Waals surface area contributed by atoms with Crippen molar-refractivity contribution in [3.8, 4) is 5.75 Å². The molecule has 0 aromatic heterocycles. The highest BCUT2D eigenvalue weighted by Gasteiger charge is 2.56. The van der Waals surface area contributed by atoms with Crippen LogP contribution in [0.1, 0.15) is 69.9 Å². The number of rotatable bonds is 7. The van der Waals surface area contributed by atoms with Gasteiger partial charge in [0.05, 0.1) is 18.7 Å². The van der Waals surface area contributed by atoms with Gasteiger partial charge in [-0.25, -0.2) is 0 Å². The maximum atomic E-state index is 14.4. The number of carbonyl (C=O) groups is 3. The van der Waals surface area contributed by atoms with Crippen molar-refractivity contribution in [1.82, 2.24) is 25.8 Å². The van der Waals surface area contributed by atoms with Crippen LogP contribution >= 0.6 is 0 Å². The third kappa shape index (κ3) is 5.27. The summed E-state index contributed by atoms with van der Waals surface area (Å²) in [6.07, 6.45) is 8.14. The van der Waals surface area contributed by atoms with Gasteiger partial charge >= 0.3 is 0 Å². The van der Waals surface area contributed by atoms with Gasteiger partial charge in [-0.05, 0) is 57.6 Å². The summed E-state index contributed by atoms with van der Waals surface area (Å²) in [6, 6.07) is 6.99. The van der Waals surface area contributed by atoms with Gasteiger partial charge in [-0.2, -0.15) is 0 Å². The van der Waals surface area contributed by atoms with Crippen molar-refractivity contribution >= 4 is 17.7 Å². The van der Waals surface area contributed by atoms with E-state index in [-0.39, 0.29) is 29.7 Å². The van der Waals surface area contributed by atoms with E-state index >= 15 is 0 Å². The largest absolute Gasteiger partial charge is 0.493 e. The third-order valence-corrected chi connectivity index (χ3v) is 9.89. The van der Waals surface area contributed by atoms with Crippen molar-refractivity contribution in [2.45, 2.75) is 94.5 Å². The number of hydrogen-bond donors (Lipinski definition) is 3. The first-order chi connectivity index (χ1) is 18.9. The molecule has 1 aromatic rings. The summed E-state index contributed by atoms with van der Waals surface area (Å²) < 4.78 is 5.81. The van der Waals surface area contributed by atoms with Gasteiger partial charge in [0.25, 0.3) is 0 Å². The van der Waals surface area contributed by atoms with E-state index in [0.717, 1.165) is 43.4 Å². The van der Waals surface area contributed by atoms with Crippen molar-refractivity contribution in [3.05, 3.63) is 29.8 Å². The van der Waals surface area contributed by atoms with Crippen molar-refractivity contribution in [3.63, 3.8) is 0 Å². The standard InChI is InChI=1S/C30H43N5O4/c1-18(31-2)28(36)33-27(19-8-4-3-5-9-19)30(38)35-16-21-14-20-15-24(20)34(21)17-25(35)29(37)32-23-12-13-39-26-11-7-6-10-22(23)26/h6-7,10-11,18-21,23-25,27,31H,3-5,8-9,12-17H2,1-2H3,(H,32,37)(H,33,36)/t18-,20?,21+,23+,24?,25-,27?/m0/s1. The fourth-order valence-corrected chi connectivity index (χ4v) is 7.43. The van der Waals surface area contributed by atoms with E-state index in [4.69, 9.17) is 4.74 Å². The van der Waals surface area contributed by atoms with Crippen molar-refractivity contribution in [1.29, 1.82) is 0 Å². The minimum atomic E-state index is -0.602. The molecule has 0 spiro atoms. The quantitative estimate of drug-likeness (QED) is 0.492. The van der Waals surface area contributed by atoms with Crippen molar-refractivity contribution < 1.29 is 19.1 Å². The van der Waals surface area contributed by atoms with E-state index in [1.54, 1.807) is 7.05 Å². The summed E-state index contributed by atoms with van der Waals surface area (Å²) in [6.45, 7) is 3.47. The maximum Gasteiger partial charge on any atom is 0.246 e. The van der Waals surface area contributed by atoms with Crippen LogP contribution < -0.4 is 20.7 Å². The highest BCUT2D eigenvalue weighted by atomic mass is 16.5. The molecule has 9 nitrogen and oxygen atoms in total. The van der Waals surface area contributed by atoms with Crippen LogP contribution in [0.3, 0.4) is 0 Å². The lowest BCUT2D eigenvalue weighted by atomic mass is 9.82. The average Bonchev–Trinajstić information content (AvgIpc) is 3.65. The number of amides is 3. The van der Waals surface area contributed by atoms with Crippen LogP contribution in [-0.4, -0.2) is 84.5 Å². The topological polar surface area (TPSA) is 103 Å².